The van der Waals surface area contributed by atoms with Gasteiger partial charge < -0.3 is 19.7 Å². The van der Waals surface area contributed by atoms with E-state index in [4.69, 9.17) is 14.6 Å². The molecule has 0 spiro atoms. The minimum absolute atomic E-state index is 0.320. The molecule has 2 rings (SSSR count). The monoisotopic (exact) mass is 483 g/mol. The first-order valence-electron chi connectivity index (χ1n) is 11.2. The number of nitrogens with one attached hydrogen (secondary N) is 1. The Bertz CT molecular complexity index is 901. The van der Waals surface area contributed by atoms with Crippen LogP contribution in [0.3, 0.4) is 0 Å². The van der Waals surface area contributed by atoms with E-state index in [1.54, 1.807) is 32.6 Å². The minimum atomic E-state index is -3.81. The van der Waals surface area contributed by atoms with Gasteiger partial charge >= 0.3 is 6.09 Å². The fourth-order valence-electron chi connectivity index (χ4n) is 4.19. The number of ether oxygens (including phenoxy) is 2. The van der Waals surface area contributed by atoms with E-state index in [0.29, 0.717) is 19.4 Å². The minimum Gasteiger partial charge on any atom is -0.444 e. The van der Waals surface area contributed by atoms with Crippen LogP contribution < -0.4 is 10.5 Å². The van der Waals surface area contributed by atoms with Crippen molar-refractivity contribution in [3.8, 4) is 0 Å². The van der Waals surface area contributed by atoms with Crippen molar-refractivity contribution in [2.24, 2.45) is 11.1 Å². The van der Waals surface area contributed by atoms with Crippen molar-refractivity contribution in [2.45, 2.75) is 70.7 Å². The molecule has 2 amide bonds. The van der Waals surface area contributed by atoms with Crippen LogP contribution in [0.4, 0.5) is 4.79 Å². The van der Waals surface area contributed by atoms with Gasteiger partial charge in [-0.15, -0.1) is 0 Å². The lowest BCUT2D eigenvalue weighted by atomic mass is 9.94. The molecule has 1 heterocycles. The third-order valence-corrected chi connectivity index (χ3v) is 6.46. The van der Waals surface area contributed by atoms with Crippen LogP contribution in [0.5, 0.6) is 0 Å². The first-order chi connectivity index (χ1) is 15.3. The van der Waals surface area contributed by atoms with Crippen LogP contribution in [-0.4, -0.2) is 68.5 Å². The number of likely N-dealkylation sites (tertiary alicyclic amines) is 1. The molecule has 3 N–H and O–H groups in total. The van der Waals surface area contributed by atoms with E-state index in [-0.39, 0.29) is 17.7 Å². The lowest BCUT2D eigenvalue weighted by molar-refractivity contribution is -0.131. The molecule has 0 saturated carbocycles. The van der Waals surface area contributed by atoms with Gasteiger partial charge in [-0.3, -0.25) is 4.79 Å². The number of carbonyl (C=O) groups is 2. The number of hydrogen-bond acceptors (Lipinski definition) is 6. The van der Waals surface area contributed by atoms with Gasteiger partial charge in [-0.2, -0.15) is 0 Å². The van der Waals surface area contributed by atoms with Gasteiger partial charge in [0.25, 0.3) is 0 Å². The van der Waals surface area contributed by atoms with Crippen molar-refractivity contribution < 1.29 is 27.5 Å². The fraction of sp³-hybridized carbons (Fsp3) is 0.652. The summed E-state index contributed by atoms with van der Waals surface area (Å²) in [7, 11) is -2.30. The molecule has 0 radical (unpaired) electrons. The van der Waals surface area contributed by atoms with Crippen LogP contribution in [-0.2, 0) is 30.7 Å². The SMILES string of the molecule is CO[C@H]([C@@H](C)C(=O)N[C@@H](Cc1ccccc1)CS(N)(=O)=O)[C@@H]1CCCN1C(=O)OC(C)(C)C. The highest BCUT2D eigenvalue weighted by Gasteiger charge is 2.41. The first kappa shape index (κ1) is 27.1. The van der Waals surface area contributed by atoms with Crippen molar-refractivity contribution in [3.63, 3.8) is 0 Å². The number of benzene rings is 1. The van der Waals surface area contributed by atoms with Gasteiger partial charge in [0, 0.05) is 19.7 Å². The Labute approximate surface area is 197 Å². The van der Waals surface area contributed by atoms with Crippen LogP contribution in [0.1, 0.15) is 46.1 Å². The molecule has 1 aliphatic rings. The average molecular weight is 484 g/mol. The molecule has 0 unspecified atom stereocenters. The predicted molar refractivity (Wildman–Crippen MR) is 126 cm³/mol. The number of rotatable bonds is 9. The maximum Gasteiger partial charge on any atom is 0.410 e. The van der Waals surface area contributed by atoms with E-state index in [1.807, 2.05) is 30.3 Å². The summed E-state index contributed by atoms with van der Waals surface area (Å²) in [4.78, 5) is 27.4. The van der Waals surface area contributed by atoms with Gasteiger partial charge in [0.05, 0.1) is 23.8 Å². The molecule has 4 atom stereocenters. The second-order valence-corrected chi connectivity index (χ2v) is 11.3. The van der Waals surface area contributed by atoms with Crippen molar-refractivity contribution in [2.75, 3.05) is 19.4 Å². The van der Waals surface area contributed by atoms with Gasteiger partial charge in [-0.05, 0) is 45.6 Å². The Balaban J connectivity index is 2.13. The Morgan fingerprint density at radius 3 is 2.42 bits per heavy atom. The second-order valence-electron chi connectivity index (χ2n) is 9.60. The molecule has 1 aromatic carbocycles. The molecular weight excluding hydrogens is 446 g/mol. The largest absolute Gasteiger partial charge is 0.444 e. The van der Waals surface area contributed by atoms with Crippen LogP contribution in [0.2, 0.25) is 0 Å². The molecule has 10 heteroatoms. The number of methoxy groups -OCH3 is 1. The summed E-state index contributed by atoms with van der Waals surface area (Å²) < 4.78 is 34.7. The van der Waals surface area contributed by atoms with Crippen LogP contribution in [0.15, 0.2) is 30.3 Å². The molecule has 0 bridgehead atoms. The molecule has 0 aliphatic carbocycles. The van der Waals surface area contributed by atoms with E-state index < -0.39 is 39.8 Å². The molecule has 1 fully saturated rings. The summed E-state index contributed by atoms with van der Waals surface area (Å²) in [6.07, 6.45) is 0.767. The Morgan fingerprint density at radius 2 is 1.88 bits per heavy atom. The van der Waals surface area contributed by atoms with Crippen LogP contribution in [0, 0.1) is 5.92 Å². The second kappa shape index (κ2) is 11.3. The van der Waals surface area contributed by atoms with Crippen LogP contribution in [0.25, 0.3) is 0 Å². The normalized spacial score (nSPS) is 19.6. The summed E-state index contributed by atoms with van der Waals surface area (Å²) in [5.74, 6) is -1.38. The standard InChI is InChI=1S/C23H37N3O6S/c1-16(20(31-5)19-12-9-13-26(19)22(28)32-23(2,3)4)21(27)25-18(15-33(24,29)30)14-17-10-7-6-8-11-17/h6-8,10-11,16,18-20H,9,12-15H2,1-5H3,(H,25,27)(H2,24,29,30)/t16-,18+,19+,20-/m1/s1. The van der Waals surface area contributed by atoms with Crippen LogP contribution >= 0.6 is 0 Å². The van der Waals surface area contributed by atoms with E-state index >= 15 is 0 Å². The zero-order chi connectivity index (χ0) is 24.8. The van der Waals surface area contributed by atoms with Gasteiger partial charge in [0.15, 0.2) is 0 Å². The summed E-state index contributed by atoms with van der Waals surface area (Å²) in [6.45, 7) is 7.65. The van der Waals surface area contributed by atoms with Crippen molar-refractivity contribution in [3.05, 3.63) is 35.9 Å². The highest BCUT2D eigenvalue weighted by atomic mass is 32.2. The topological polar surface area (TPSA) is 128 Å². The third-order valence-electron chi connectivity index (χ3n) is 5.59. The van der Waals surface area contributed by atoms with E-state index in [2.05, 4.69) is 5.32 Å². The van der Waals surface area contributed by atoms with Crippen molar-refractivity contribution in [1.82, 2.24) is 10.2 Å². The smallest absolute Gasteiger partial charge is 0.410 e. The number of hydrogen-bond donors (Lipinski definition) is 2. The Kier molecular flexibility index (Phi) is 9.28. The molecular formula is C23H37N3O6S. The summed E-state index contributed by atoms with van der Waals surface area (Å²) in [6, 6.07) is 8.26. The van der Waals surface area contributed by atoms with E-state index in [9.17, 15) is 18.0 Å². The van der Waals surface area contributed by atoms with E-state index in [0.717, 1.165) is 12.0 Å². The summed E-state index contributed by atoms with van der Waals surface area (Å²) in [5, 5.41) is 8.10. The van der Waals surface area contributed by atoms with Gasteiger partial charge in [0.2, 0.25) is 15.9 Å². The molecule has 186 valence electrons. The zero-order valence-corrected chi connectivity index (χ0v) is 20.9. The maximum atomic E-state index is 13.1. The highest BCUT2D eigenvalue weighted by Crippen LogP contribution is 2.28. The molecule has 1 saturated heterocycles. The lowest BCUT2D eigenvalue weighted by Crippen LogP contribution is -2.52. The lowest BCUT2D eigenvalue weighted by Gasteiger charge is -2.35. The first-order valence-corrected chi connectivity index (χ1v) is 12.9. The molecule has 1 aromatic rings. The van der Waals surface area contributed by atoms with Crippen molar-refractivity contribution >= 4 is 22.0 Å². The summed E-state index contributed by atoms with van der Waals surface area (Å²) >= 11 is 0. The predicted octanol–water partition coefficient (Wildman–Crippen LogP) is 2.05. The summed E-state index contributed by atoms with van der Waals surface area (Å²) in [5.41, 5.74) is 0.253. The number of nitrogens with two attached hydrogens (primary N) is 1. The van der Waals surface area contributed by atoms with E-state index in [1.165, 1.54) is 7.11 Å². The van der Waals surface area contributed by atoms with Gasteiger partial charge in [0.1, 0.15) is 5.60 Å². The highest BCUT2D eigenvalue weighted by molar-refractivity contribution is 7.89. The fourth-order valence-corrected chi connectivity index (χ4v) is 4.95. The van der Waals surface area contributed by atoms with Gasteiger partial charge in [-0.1, -0.05) is 37.3 Å². The maximum absolute atomic E-state index is 13.1. The number of primary sulfonamides is 1. The Hall–Kier alpha value is -2.17. The molecule has 9 nitrogen and oxygen atoms in total. The molecule has 33 heavy (non-hydrogen) atoms. The number of amides is 2. The molecule has 1 aliphatic heterocycles. The molecule has 0 aromatic heterocycles. The van der Waals surface area contributed by atoms with Crippen molar-refractivity contribution in [1.29, 1.82) is 0 Å². The third kappa shape index (κ3) is 8.60. The average Bonchev–Trinajstić information content (AvgIpc) is 3.16. The quantitative estimate of drug-likeness (QED) is 0.553. The number of nitrogens with zero attached hydrogens (tertiary/aromatic N) is 1. The Morgan fingerprint density at radius 1 is 1.24 bits per heavy atom. The number of carbonyl (C=O) groups excluding carboxylic acids is 2. The zero-order valence-electron chi connectivity index (χ0n) is 20.1. The number of sulfonamides is 1. The van der Waals surface area contributed by atoms with Gasteiger partial charge in [-0.25, -0.2) is 18.4 Å².